The molecule has 0 amide bonds. The van der Waals surface area contributed by atoms with E-state index in [1.165, 1.54) is 10.5 Å². The second kappa shape index (κ2) is 3.18. The van der Waals surface area contributed by atoms with E-state index in [9.17, 15) is 0 Å². The highest BCUT2D eigenvalue weighted by Crippen LogP contribution is 2.19. The van der Waals surface area contributed by atoms with Crippen LogP contribution < -0.4 is 0 Å². The molecule has 0 spiro atoms. The summed E-state index contributed by atoms with van der Waals surface area (Å²) in [4.78, 5) is 3.27. The Morgan fingerprint density at radius 2 is 2.56 bits per heavy atom. The molecule has 0 aliphatic rings. The van der Waals surface area contributed by atoms with Crippen molar-refractivity contribution in [2.75, 3.05) is 0 Å². The van der Waals surface area contributed by atoms with Gasteiger partial charge >= 0.3 is 0 Å². The average molecular weight is 203 g/mol. The van der Waals surface area contributed by atoms with Gasteiger partial charge in [-0.3, -0.25) is 0 Å². The number of halogens is 1. The minimum Gasteiger partial charge on any atom is -0.144 e. The summed E-state index contributed by atoms with van der Waals surface area (Å²) >= 11 is 5.04. The van der Waals surface area contributed by atoms with Crippen molar-refractivity contribution in [3.8, 4) is 0 Å². The second-order valence-corrected chi connectivity index (χ2v) is 3.17. The number of thiophene rings is 1. The molecule has 0 nitrogen and oxygen atoms in total. The first-order valence-corrected chi connectivity index (χ1v) is 4.45. The van der Waals surface area contributed by atoms with Gasteiger partial charge in [0, 0.05) is 4.88 Å². The Kier molecular flexibility index (Phi) is 2.49. The molecule has 0 fully saturated rings. The fourth-order valence-electron chi connectivity index (χ4n) is 0.557. The summed E-state index contributed by atoms with van der Waals surface area (Å²) in [6.45, 7) is 2.08. The number of hydrogen-bond acceptors (Lipinski definition) is 1. The zero-order chi connectivity index (χ0) is 6.69. The van der Waals surface area contributed by atoms with Crippen LogP contribution in [-0.4, -0.2) is 0 Å². The molecule has 0 aliphatic carbocycles. The van der Waals surface area contributed by atoms with Gasteiger partial charge in [0.25, 0.3) is 0 Å². The molecule has 1 rings (SSSR count). The first kappa shape index (κ1) is 7.03. The van der Waals surface area contributed by atoms with Crippen molar-refractivity contribution in [3.63, 3.8) is 0 Å². The average Bonchev–Trinajstić information content (AvgIpc) is 2.37. The van der Waals surface area contributed by atoms with Crippen LogP contribution in [0.3, 0.4) is 0 Å². The Hall–Kier alpha value is -0.0800. The van der Waals surface area contributed by atoms with Crippen LogP contribution in [0.5, 0.6) is 0 Å². The normalized spacial score (nSPS) is 12.0. The summed E-state index contributed by atoms with van der Waals surface area (Å²) in [6.07, 6.45) is 0. The zero-order valence-electron chi connectivity index (χ0n) is 5.10. The van der Waals surface area contributed by atoms with Gasteiger partial charge < -0.3 is 0 Å². The maximum atomic E-state index is 3.28. The van der Waals surface area contributed by atoms with Crippen molar-refractivity contribution in [1.29, 1.82) is 0 Å². The maximum absolute atomic E-state index is 3.28. The van der Waals surface area contributed by atoms with Crippen LogP contribution in [0, 0.1) is 0 Å². The van der Waals surface area contributed by atoms with Gasteiger partial charge in [-0.05, 0) is 28.9 Å². The van der Waals surface area contributed by atoms with Crippen molar-refractivity contribution >= 4 is 32.8 Å². The number of hydrogen-bond donors (Lipinski definition) is 0. The molecular weight excluding hydrogens is 196 g/mol. The summed E-state index contributed by atoms with van der Waals surface area (Å²) in [5.74, 6) is 0. The van der Waals surface area contributed by atoms with E-state index in [-0.39, 0.29) is 0 Å². The molecule has 48 valence electrons. The summed E-state index contributed by atoms with van der Waals surface area (Å²) in [7, 11) is 0. The minimum absolute atomic E-state index is 1.28. The summed E-state index contributed by atoms with van der Waals surface area (Å²) in [5, 5.41) is 2.08. The van der Waals surface area contributed by atoms with Gasteiger partial charge in [0.2, 0.25) is 0 Å². The lowest BCUT2D eigenvalue weighted by Gasteiger charge is -1.89. The fraction of sp³-hybridized carbons (Fsp3) is 0.143. The summed E-state index contributed by atoms with van der Waals surface area (Å²) < 4.78 is 0. The van der Waals surface area contributed by atoms with Gasteiger partial charge in [-0.2, -0.15) is 0 Å². The fourth-order valence-corrected chi connectivity index (χ4v) is 1.66. The van der Waals surface area contributed by atoms with Crippen molar-refractivity contribution in [2.45, 2.75) is 6.92 Å². The van der Waals surface area contributed by atoms with Gasteiger partial charge in [0.05, 0.1) is 0 Å². The molecule has 0 aliphatic heterocycles. The smallest absolute Gasteiger partial charge is 0.0304 e. The minimum atomic E-state index is 1.28. The Bertz CT molecular complexity index is 199. The largest absolute Gasteiger partial charge is 0.144 e. The molecule has 0 atom stereocenters. The number of allylic oxidation sites excluding steroid dienone is 1. The van der Waals surface area contributed by atoms with Crippen molar-refractivity contribution < 1.29 is 0 Å². The second-order valence-electron chi connectivity index (χ2n) is 1.77. The molecule has 0 aromatic carbocycles. The Morgan fingerprint density at radius 1 is 1.78 bits per heavy atom. The van der Waals surface area contributed by atoms with Crippen molar-refractivity contribution in [3.05, 3.63) is 27.4 Å². The van der Waals surface area contributed by atoms with Gasteiger partial charge in [-0.1, -0.05) is 22.0 Å². The van der Waals surface area contributed by atoms with E-state index in [1.807, 2.05) is 4.99 Å². The molecule has 0 unspecified atom stereocenters. The predicted molar refractivity (Wildman–Crippen MR) is 46.9 cm³/mol. The molecule has 1 aromatic heterocycles. The van der Waals surface area contributed by atoms with E-state index >= 15 is 0 Å². The third-order valence-electron chi connectivity index (χ3n) is 1.07. The van der Waals surface area contributed by atoms with Crippen LogP contribution in [-0.2, 0) is 0 Å². The molecule has 1 aromatic rings. The topological polar surface area (TPSA) is 0 Å². The van der Waals surface area contributed by atoms with Crippen molar-refractivity contribution in [1.82, 2.24) is 0 Å². The molecule has 0 saturated carbocycles. The van der Waals surface area contributed by atoms with Crippen LogP contribution in [0.1, 0.15) is 11.8 Å². The van der Waals surface area contributed by atoms with E-state index in [0.29, 0.717) is 0 Å². The van der Waals surface area contributed by atoms with E-state index in [1.54, 1.807) is 11.3 Å². The van der Waals surface area contributed by atoms with Crippen LogP contribution in [0.15, 0.2) is 22.5 Å². The van der Waals surface area contributed by atoms with E-state index in [0.717, 1.165) is 0 Å². The first-order valence-electron chi connectivity index (χ1n) is 2.65. The maximum Gasteiger partial charge on any atom is 0.0304 e. The molecule has 2 heteroatoms. The molecule has 0 bridgehead atoms. The zero-order valence-corrected chi connectivity index (χ0v) is 7.50. The highest BCUT2D eigenvalue weighted by Gasteiger charge is 1.91. The van der Waals surface area contributed by atoms with Crippen LogP contribution >= 0.6 is 27.3 Å². The molecule has 0 saturated heterocycles. The molecule has 9 heavy (non-hydrogen) atoms. The third kappa shape index (κ3) is 1.66. The van der Waals surface area contributed by atoms with Gasteiger partial charge in [-0.25, -0.2) is 0 Å². The SMILES string of the molecule is CC(=CBr)c1cccs1. The third-order valence-corrected chi connectivity index (χ3v) is 2.77. The van der Waals surface area contributed by atoms with Crippen LogP contribution in [0.2, 0.25) is 0 Å². The molecule has 0 radical (unpaired) electrons. The lowest BCUT2D eigenvalue weighted by molar-refractivity contribution is 1.74. The van der Waals surface area contributed by atoms with Crippen LogP contribution in [0.4, 0.5) is 0 Å². The van der Waals surface area contributed by atoms with Gasteiger partial charge in [0.15, 0.2) is 0 Å². The Morgan fingerprint density at radius 3 is 3.00 bits per heavy atom. The highest BCUT2D eigenvalue weighted by molar-refractivity contribution is 9.11. The summed E-state index contributed by atoms with van der Waals surface area (Å²) in [6, 6.07) is 4.16. The first-order chi connectivity index (χ1) is 4.34. The van der Waals surface area contributed by atoms with Crippen LogP contribution in [0.25, 0.3) is 5.57 Å². The molecular formula is C7H7BrS. The lowest BCUT2D eigenvalue weighted by atomic mass is 10.3. The highest BCUT2D eigenvalue weighted by atomic mass is 79.9. The monoisotopic (exact) mass is 202 g/mol. The van der Waals surface area contributed by atoms with E-state index < -0.39 is 0 Å². The van der Waals surface area contributed by atoms with Gasteiger partial charge in [0.1, 0.15) is 0 Å². The Balaban J connectivity index is 2.90. The van der Waals surface area contributed by atoms with Gasteiger partial charge in [-0.15, -0.1) is 11.3 Å². The molecule has 1 heterocycles. The lowest BCUT2D eigenvalue weighted by Crippen LogP contribution is -1.64. The van der Waals surface area contributed by atoms with E-state index in [4.69, 9.17) is 0 Å². The van der Waals surface area contributed by atoms with E-state index in [2.05, 4.69) is 40.4 Å². The predicted octanol–water partition coefficient (Wildman–Crippen LogP) is 3.50. The Labute approximate surface area is 67.3 Å². The number of rotatable bonds is 1. The summed E-state index contributed by atoms with van der Waals surface area (Å²) in [5.41, 5.74) is 1.28. The van der Waals surface area contributed by atoms with Crippen molar-refractivity contribution in [2.24, 2.45) is 0 Å². The molecule has 0 N–H and O–H groups in total. The standard InChI is InChI=1S/C7H7BrS/c1-6(5-8)7-3-2-4-9-7/h2-5H,1H3. The quantitative estimate of drug-likeness (QED) is 0.655.